The predicted octanol–water partition coefficient (Wildman–Crippen LogP) is 2.07. The van der Waals surface area contributed by atoms with Gasteiger partial charge in [0.1, 0.15) is 5.60 Å². The first-order valence-electron chi connectivity index (χ1n) is 8.25. The van der Waals surface area contributed by atoms with E-state index in [0.29, 0.717) is 6.04 Å². The topological polar surface area (TPSA) is 44.8 Å². The van der Waals surface area contributed by atoms with Crippen LogP contribution in [-0.4, -0.2) is 66.8 Å². The Morgan fingerprint density at radius 1 is 1.14 bits per heavy atom. The number of hydrogen-bond donors (Lipinski definition) is 1. The molecule has 122 valence electrons. The minimum atomic E-state index is -0.421. The first-order chi connectivity index (χ1) is 9.83. The Bertz CT molecular complexity index is 346. The van der Waals surface area contributed by atoms with E-state index in [1.807, 2.05) is 20.8 Å². The minimum Gasteiger partial charge on any atom is -0.444 e. The molecule has 0 spiro atoms. The third kappa shape index (κ3) is 5.47. The molecule has 5 heteroatoms. The molecule has 2 fully saturated rings. The summed E-state index contributed by atoms with van der Waals surface area (Å²) in [7, 11) is 2.19. The summed E-state index contributed by atoms with van der Waals surface area (Å²) in [6, 6.07) is 0.880. The van der Waals surface area contributed by atoms with Gasteiger partial charge in [-0.1, -0.05) is 0 Å². The van der Waals surface area contributed by atoms with Gasteiger partial charge in [0.05, 0.1) is 0 Å². The normalized spacial score (nSPS) is 29.1. The van der Waals surface area contributed by atoms with E-state index in [9.17, 15) is 4.79 Å². The molecule has 1 unspecified atom stereocenters. The lowest BCUT2D eigenvalue weighted by molar-refractivity contribution is 0.0445. The fraction of sp³-hybridized carbons (Fsp3) is 0.938. The van der Waals surface area contributed by atoms with Crippen molar-refractivity contribution in [2.75, 3.05) is 33.2 Å². The number of ether oxygens (including phenoxy) is 1. The van der Waals surface area contributed by atoms with Crippen molar-refractivity contribution < 1.29 is 9.53 Å². The van der Waals surface area contributed by atoms with Gasteiger partial charge in [-0.15, -0.1) is 0 Å². The van der Waals surface area contributed by atoms with Crippen LogP contribution in [0, 0.1) is 0 Å². The van der Waals surface area contributed by atoms with E-state index < -0.39 is 5.60 Å². The largest absolute Gasteiger partial charge is 0.444 e. The fourth-order valence-electron chi connectivity index (χ4n) is 3.29. The zero-order chi connectivity index (χ0) is 15.5. The van der Waals surface area contributed by atoms with Crippen LogP contribution in [0.15, 0.2) is 0 Å². The van der Waals surface area contributed by atoms with Crippen LogP contribution < -0.4 is 5.32 Å². The molecule has 2 rings (SSSR count). The smallest absolute Gasteiger partial charge is 0.407 e. The van der Waals surface area contributed by atoms with E-state index in [4.69, 9.17) is 4.74 Å². The molecule has 0 aromatic heterocycles. The highest BCUT2D eigenvalue weighted by Crippen LogP contribution is 2.24. The number of hydrogen-bond acceptors (Lipinski definition) is 4. The van der Waals surface area contributed by atoms with E-state index in [1.54, 1.807) is 0 Å². The van der Waals surface area contributed by atoms with Gasteiger partial charge in [-0.25, -0.2) is 4.79 Å². The number of nitrogens with one attached hydrogen (secondary N) is 1. The molecule has 1 aliphatic heterocycles. The van der Waals surface area contributed by atoms with Gasteiger partial charge in [0.25, 0.3) is 0 Å². The van der Waals surface area contributed by atoms with Crippen molar-refractivity contribution in [2.45, 2.75) is 64.1 Å². The Balaban J connectivity index is 1.79. The van der Waals surface area contributed by atoms with Crippen molar-refractivity contribution in [3.8, 4) is 0 Å². The number of piperazine rings is 1. The highest BCUT2D eigenvalue weighted by molar-refractivity contribution is 5.68. The van der Waals surface area contributed by atoms with Gasteiger partial charge in [0.15, 0.2) is 0 Å². The number of nitrogens with zero attached hydrogens (tertiary/aromatic N) is 2. The second-order valence-electron chi connectivity index (χ2n) is 7.50. The van der Waals surface area contributed by atoms with Crippen molar-refractivity contribution in [1.29, 1.82) is 0 Å². The van der Waals surface area contributed by atoms with Crippen molar-refractivity contribution in [1.82, 2.24) is 15.1 Å². The number of carbonyl (C=O) groups is 1. The average molecular weight is 297 g/mol. The summed E-state index contributed by atoms with van der Waals surface area (Å²) in [6.45, 7) is 10.3. The standard InChI is InChI=1S/C16H31N3O2/c1-16(2,3)21-15(20)17-13-6-5-7-14(12-13)19-10-8-18(4)9-11-19/h13-14H,5-12H2,1-4H3,(H,17,20)/t13?,14-/m0/s1. The highest BCUT2D eigenvalue weighted by Gasteiger charge is 2.30. The zero-order valence-corrected chi connectivity index (χ0v) is 14.0. The van der Waals surface area contributed by atoms with E-state index in [0.717, 1.165) is 39.0 Å². The Morgan fingerprint density at radius 3 is 2.43 bits per heavy atom. The molecule has 5 nitrogen and oxygen atoms in total. The summed E-state index contributed by atoms with van der Waals surface area (Å²) in [6.07, 6.45) is 4.31. The summed E-state index contributed by atoms with van der Waals surface area (Å²) < 4.78 is 5.36. The van der Waals surface area contributed by atoms with Crippen LogP contribution in [0.2, 0.25) is 0 Å². The molecule has 1 saturated heterocycles. The number of carbonyl (C=O) groups excluding carboxylic acids is 1. The predicted molar refractivity (Wildman–Crippen MR) is 84.5 cm³/mol. The molecular formula is C16H31N3O2. The number of likely N-dealkylation sites (N-methyl/N-ethyl adjacent to an activating group) is 1. The van der Waals surface area contributed by atoms with Gasteiger partial charge < -0.3 is 15.0 Å². The van der Waals surface area contributed by atoms with E-state index in [-0.39, 0.29) is 12.1 Å². The first kappa shape index (κ1) is 16.6. The van der Waals surface area contributed by atoms with Gasteiger partial charge >= 0.3 is 6.09 Å². The monoisotopic (exact) mass is 297 g/mol. The SMILES string of the molecule is CN1CCN([C@H]2CCCC(NC(=O)OC(C)(C)C)C2)CC1. The zero-order valence-electron chi connectivity index (χ0n) is 14.0. The summed E-state index contributed by atoms with van der Waals surface area (Å²) in [4.78, 5) is 16.9. The van der Waals surface area contributed by atoms with Crippen molar-refractivity contribution >= 4 is 6.09 Å². The second kappa shape index (κ2) is 6.97. The van der Waals surface area contributed by atoms with Crippen LogP contribution in [0.25, 0.3) is 0 Å². The molecule has 0 radical (unpaired) electrons. The maximum Gasteiger partial charge on any atom is 0.407 e. The van der Waals surface area contributed by atoms with Crippen molar-refractivity contribution in [3.63, 3.8) is 0 Å². The highest BCUT2D eigenvalue weighted by atomic mass is 16.6. The molecule has 2 atom stereocenters. The first-order valence-corrected chi connectivity index (χ1v) is 8.25. The summed E-state index contributed by atoms with van der Waals surface area (Å²) in [5.74, 6) is 0. The number of rotatable bonds is 2. The van der Waals surface area contributed by atoms with Gasteiger partial charge in [0, 0.05) is 38.3 Å². The van der Waals surface area contributed by atoms with Crippen LogP contribution >= 0.6 is 0 Å². The molecular weight excluding hydrogens is 266 g/mol. The Kier molecular flexibility index (Phi) is 5.49. The van der Waals surface area contributed by atoms with Gasteiger partial charge in [-0.3, -0.25) is 4.90 Å². The Morgan fingerprint density at radius 2 is 1.81 bits per heavy atom. The van der Waals surface area contributed by atoms with Crippen molar-refractivity contribution in [2.24, 2.45) is 0 Å². The Labute approximate surface area is 129 Å². The number of alkyl carbamates (subject to hydrolysis) is 1. The van der Waals surface area contributed by atoms with Crippen LogP contribution in [-0.2, 0) is 4.74 Å². The van der Waals surface area contributed by atoms with E-state index >= 15 is 0 Å². The van der Waals surface area contributed by atoms with E-state index in [2.05, 4.69) is 22.2 Å². The molecule has 0 aromatic rings. The fourth-order valence-corrected chi connectivity index (χ4v) is 3.29. The van der Waals surface area contributed by atoms with Crippen LogP contribution in [0.3, 0.4) is 0 Å². The molecule has 0 bridgehead atoms. The minimum absolute atomic E-state index is 0.262. The van der Waals surface area contributed by atoms with Gasteiger partial charge in [-0.05, 0) is 53.5 Å². The molecule has 1 N–H and O–H groups in total. The molecule has 1 aliphatic carbocycles. The summed E-state index contributed by atoms with van der Waals surface area (Å²) >= 11 is 0. The lowest BCUT2D eigenvalue weighted by atomic mass is 9.89. The average Bonchev–Trinajstić information content (AvgIpc) is 2.37. The Hall–Kier alpha value is -0.810. The third-order valence-electron chi connectivity index (χ3n) is 4.42. The maximum absolute atomic E-state index is 11.9. The van der Waals surface area contributed by atoms with Crippen LogP contribution in [0.1, 0.15) is 46.5 Å². The molecule has 0 aromatic carbocycles. The molecule has 2 aliphatic rings. The summed E-state index contributed by atoms with van der Waals surface area (Å²) in [5.41, 5.74) is -0.421. The number of amides is 1. The maximum atomic E-state index is 11.9. The lowest BCUT2D eigenvalue weighted by Crippen LogP contribution is -2.52. The molecule has 21 heavy (non-hydrogen) atoms. The lowest BCUT2D eigenvalue weighted by Gasteiger charge is -2.41. The van der Waals surface area contributed by atoms with E-state index in [1.165, 1.54) is 12.8 Å². The molecule has 1 amide bonds. The van der Waals surface area contributed by atoms with Gasteiger partial charge in [-0.2, -0.15) is 0 Å². The molecule has 1 saturated carbocycles. The summed E-state index contributed by atoms with van der Waals surface area (Å²) in [5, 5.41) is 3.06. The second-order valence-corrected chi connectivity index (χ2v) is 7.50. The van der Waals surface area contributed by atoms with Crippen LogP contribution in [0.4, 0.5) is 4.79 Å². The van der Waals surface area contributed by atoms with Crippen molar-refractivity contribution in [3.05, 3.63) is 0 Å². The quantitative estimate of drug-likeness (QED) is 0.847. The molecule has 1 heterocycles. The van der Waals surface area contributed by atoms with Crippen LogP contribution in [0.5, 0.6) is 0 Å². The van der Waals surface area contributed by atoms with Gasteiger partial charge in [0.2, 0.25) is 0 Å². The third-order valence-corrected chi connectivity index (χ3v) is 4.42.